The fraction of sp³-hybridized carbons (Fsp3) is 0.909. The maximum atomic E-state index is 12.0. The summed E-state index contributed by atoms with van der Waals surface area (Å²) >= 11 is 0. The van der Waals surface area contributed by atoms with Gasteiger partial charge in [-0.25, -0.2) is 0 Å². The van der Waals surface area contributed by atoms with Crippen LogP contribution in [-0.2, 0) is 32.3 Å². The Morgan fingerprint density at radius 1 is 0.833 bits per heavy atom. The van der Waals surface area contributed by atoms with Gasteiger partial charge in [0.05, 0.1) is 13.2 Å². The summed E-state index contributed by atoms with van der Waals surface area (Å²) in [6.07, 6.45) is -5.55. The molecule has 5 atom stereocenters. The van der Waals surface area contributed by atoms with Gasteiger partial charge in [0.1, 0.15) is 24.4 Å². The van der Waals surface area contributed by atoms with Crippen molar-refractivity contribution < 1.29 is 52.8 Å². The molecule has 0 unspecified atom stereocenters. The van der Waals surface area contributed by atoms with Gasteiger partial charge < -0.3 is 53.8 Å². The molecule has 0 bridgehead atoms. The van der Waals surface area contributed by atoms with E-state index < -0.39 is 46.1 Å². The molecule has 1 fully saturated rings. The summed E-state index contributed by atoms with van der Waals surface area (Å²) in [4.78, 5) is 24.0. The normalized spacial score (nSPS) is 24.5. The number of hydrogen-bond donors (Lipinski definition) is 6. The predicted octanol–water partition coefficient (Wildman–Crippen LogP) is -1.36. The van der Waals surface area contributed by atoms with E-state index in [1.54, 1.807) is 0 Å². The van der Waals surface area contributed by atoms with Crippen LogP contribution in [0.2, 0.25) is 6.04 Å². The predicted molar refractivity (Wildman–Crippen MR) is 130 cm³/mol. The fourth-order valence-electron chi connectivity index (χ4n) is 3.64. The quantitative estimate of drug-likeness (QED) is 0.0840. The van der Waals surface area contributed by atoms with Crippen LogP contribution in [0.3, 0.4) is 0 Å². The molecule has 212 valence electrons. The van der Waals surface area contributed by atoms with Crippen molar-refractivity contribution in [2.45, 2.75) is 83.2 Å². The van der Waals surface area contributed by atoms with Crippen LogP contribution < -0.4 is 10.6 Å². The highest BCUT2D eigenvalue weighted by atomic mass is 28.4. The Morgan fingerprint density at radius 3 is 1.86 bits per heavy atom. The molecule has 2 amide bonds. The summed E-state index contributed by atoms with van der Waals surface area (Å²) in [6.45, 7) is 7.41. The van der Waals surface area contributed by atoms with Crippen LogP contribution in [0.4, 0.5) is 0 Å². The van der Waals surface area contributed by atoms with Gasteiger partial charge in [0, 0.05) is 51.8 Å². The Bertz CT molecular complexity index is 612. The van der Waals surface area contributed by atoms with Crippen molar-refractivity contribution in [2.24, 2.45) is 0 Å². The first-order valence-electron chi connectivity index (χ1n) is 12.6. The number of aliphatic hydroxyl groups is 4. The molecular formula is C22H44N2O11Si. The van der Waals surface area contributed by atoms with Crippen molar-refractivity contribution in [3.05, 3.63) is 0 Å². The SMILES string of the molecule is CCO[Si](CCCNC(=O)CCC(=O)NCCCO[C@@H]1O[C@H](CO)[C@H](O)[C@H](O)[C@H]1O)(OCC)OCC. The smallest absolute Gasteiger partial charge is 0.394 e. The van der Waals surface area contributed by atoms with E-state index in [0.717, 1.165) is 0 Å². The Balaban J connectivity index is 2.18. The average molecular weight is 541 g/mol. The minimum atomic E-state index is -2.73. The number of ether oxygens (including phenoxy) is 2. The molecule has 36 heavy (non-hydrogen) atoms. The summed E-state index contributed by atoms with van der Waals surface area (Å²) in [7, 11) is -2.73. The zero-order chi connectivity index (χ0) is 27.0. The lowest BCUT2D eigenvalue weighted by Crippen LogP contribution is -2.59. The monoisotopic (exact) mass is 540 g/mol. The highest BCUT2D eigenvalue weighted by Gasteiger charge is 2.44. The van der Waals surface area contributed by atoms with Gasteiger partial charge in [-0.05, 0) is 33.6 Å². The maximum absolute atomic E-state index is 12.0. The van der Waals surface area contributed by atoms with E-state index in [4.69, 9.17) is 22.8 Å². The molecule has 1 saturated heterocycles. The molecule has 0 spiro atoms. The molecule has 1 aliphatic rings. The van der Waals surface area contributed by atoms with Crippen molar-refractivity contribution in [1.29, 1.82) is 0 Å². The number of rotatable bonds is 19. The molecule has 1 rings (SSSR count). The van der Waals surface area contributed by atoms with Gasteiger partial charge in [0.15, 0.2) is 6.29 Å². The molecule has 13 nitrogen and oxygen atoms in total. The molecule has 0 aromatic carbocycles. The first kappa shape index (κ1) is 32.8. The van der Waals surface area contributed by atoms with Gasteiger partial charge in [-0.3, -0.25) is 9.59 Å². The summed E-state index contributed by atoms with van der Waals surface area (Å²) in [6, 6.07) is 0.592. The minimum Gasteiger partial charge on any atom is -0.394 e. The maximum Gasteiger partial charge on any atom is 0.500 e. The van der Waals surface area contributed by atoms with Crippen LogP contribution in [-0.4, -0.2) is 118 Å². The van der Waals surface area contributed by atoms with E-state index >= 15 is 0 Å². The topological polar surface area (TPSA) is 185 Å². The van der Waals surface area contributed by atoms with Crippen LogP contribution in [0.1, 0.15) is 46.5 Å². The van der Waals surface area contributed by atoms with Crippen molar-refractivity contribution in [3.8, 4) is 0 Å². The fourth-order valence-corrected chi connectivity index (χ4v) is 6.25. The van der Waals surface area contributed by atoms with Crippen molar-refractivity contribution in [1.82, 2.24) is 10.6 Å². The standard InChI is InChI=1S/C22H44N2O11Si/c1-4-32-36(33-5-2,34-6-3)14-8-12-24-18(27)10-9-17(26)23-11-7-13-31-22-21(30)20(29)19(28)16(15-25)35-22/h16,19-22,25,28-30H,4-15H2,1-3H3,(H,23,26)(H,24,27)/t16-,19+,20+,21-,22-/m1/s1. The molecule has 1 heterocycles. The summed E-state index contributed by atoms with van der Waals surface area (Å²) in [5.74, 6) is -0.513. The lowest BCUT2D eigenvalue weighted by atomic mass is 9.99. The number of hydrogen-bond acceptors (Lipinski definition) is 11. The van der Waals surface area contributed by atoms with Gasteiger partial charge in [-0.1, -0.05) is 0 Å². The minimum absolute atomic E-state index is 0.0366. The largest absolute Gasteiger partial charge is 0.500 e. The first-order valence-corrected chi connectivity index (χ1v) is 14.5. The third-order valence-electron chi connectivity index (χ3n) is 5.43. The van der Waals surface area contributed by atoms with E-state index in [-0.39, 0.29) is 37.8 Å². The Labute approximate surface area is 213 Å². The third-order valence-corrected chi connectivity index (χ3v) is 8.58. The van der Waals surface area contributed by atoms with Crippen molar-refractivity contribution in [3.63, 3.8) is 0 Å². The zero-order valence-corrected chi connectivity index (χ0v) is 22.5. The van der Waals surface area contributed by atoms with Crippen LogP contribution in [0.5, 0.6) is 0 Å². The highest BCUT2D eigenvalue weighted by molar-refractivity contribution is 6.60. The van der Waals surface area contributed by atoms with Gasteiger partial charge in [-0.2, -0.15) is 0 Å². The summed E-state index contributed by atoms with van der Waals surface area (Å²) < 4.78 is 27.9. The van der Waals surface area contributed by atoms with Gasteiger partial charge >= 0.3 is 8.80 Å². The van der Waals surface area contributed by atoms with Crippen LogP contribution >= 0.6 is 0 Å². The van der Waals surface area contributed by atoms with E-state index in [9.17, 15) is 30.0 Å². The lowest BCUT2D eigenvalue weighted by molar-refractivity contribution is -0.301. The molecule has 0 saturated carbocycles. The number of nitrogens with one attached hydrogen (secondary N) is 2. The van der Waals surface area contributed by atoms with E-state index in [1.807, 2.05) is 20.8 Å². The second-order valence-electron chi connectivity index (χ2n) is 8.21. The molecule has 6 N–H and O–H groups in total. The van der Waals surface area contributed by atoms with Gasteiger partial charge in [0.25, 0.3) is 0 Å². The molecule has 0 aliphatic carbocycles. The Kier molecular flexibility index (Phi) is 16.5. The second-order valence-corrected chi connectivity index (χ2v) is 10.9. The molecule has 0 aromatic heterocycles. The Morgan fingerprint density at radius 2 is 1.36 bits per heavy atom. The van der Waals surface area contributed by atoms with E-state index in [0.29, 0.717) is 45.3 Å². The number of aliphatic hydroxyl groups excluding tert-OH is 4. The average Bonchev–Trinajstić information content (AvgIpc) is 2.85. The van der Waals surface area contributed by atoms with Crippen LogP contribution in [0.15, 0.2) is 0 Å². The van der Waals surface area contributed by atoms with Crippen molar-refractivity contribution >= 4 is 20.6 Å². The highest BCUT2D eigenvalue weighted by Crippen LogP contribution is 2.22. The number of carbonyl (C=O) groups is 2. The Hall–Kier alpha value is -1.20. The molecule has 1 aliphatic heterocycles. The van der Waals surface area contributed by atoms with Gasteiger partial charge in [-0.15, -0.1) is 0 Å². The molecule has 14 heteroatoms. The third kappa shape index (κ3) is 11.5. The van der Waals surface area contributed by atoms with Crippen LogP contribution in [0.25, 0.3) is 0 Å². The van der Waals surface area contributed by atoms with E-state index in [1.165, 1.54) is 0 Å². The number of amides is 2. The van der Waals surface area contributed by atoms with Crippen molar-refractivity contribution in [2.75, 3.05) is 46.1 Å². The zero-order valence-electron chi connectivity index (χ0n) is 21.5. The van der Waals surface area contributed by atoms with Gasteiger partial charge in [0.2, 0.25) is 11.8 Å². The van der Waals surface area contributed by atoms with Crippen LogP contribution in [0, 0.1) is 0 Å². The second kappa shape index (κ2) is 18.1. The summed E-state index contributed by atoms with van der Waals surface area (Å²) in [5, 5.41) is 44.0. The molecular weight excluding hydrogens is 496 g/mol. The first-order chi connectivity index (χ1) is 17.2. The molecule has 0 aromatic rings. The number of carbonyl (C=O) groups excluding carboxylic acids is 2. The van der Waals surface area contributed by atoms with E-state index in [2.05, 4.69) is 10.6 Å². The summed E-state index contributed by atoms with van der Waals surface area (Å²) in [5.41, 5.74) is 0. The lowest BCUT2D eigenvalue weighted by Gasteiger charge is -2.39. The molecule has 0 radical (unpaired) electrons.